The van der Waals surface area contributed by atoms with Crippen LogP contribution in [0.15, 0.2) is 212 Å². The van der Waals surface area contributed by atoms with Gasteiger partial charge in [-0.25, -0.2) is 0 Å². The average Bonchev–Trinajstić information content (AvgIpc) is 3.25. The van der Waals surface area contributed by atoms with Crippen LogP contribution < -0.4 is 4.90 Å². The standard InChI is InChI=1S/C54H45N/c1-5-24-45(25-6-1)53(46-26-7-2-8-27-46)35-17-21-42-19-15-33-50(39-42)55(52-38-37-44-23-13-14-32-49(44)41-52)51-34-16-20-43(40-51)22-18-36-54(47-28-9-3-10-29-47)48-30-11-4-12-31-48/h1-12,15-22,24-31,33-41H,13-14,23,32H2/b21-17+,22-18+. The Morgan fingerprint density at radius 1 is 0.364 bits per heavy atom. The van der Waals surface area contributed by atoms with Crippen LogP contribution in [-0.2, 0) is 12.8 Å². The van der Waals surface area contributed by atoms with Gasteiger partial charge in [-0.1, -0.05) is 188 Å². The fraction of sp³-hybridized carbons (Fsp3) is 0.0741. The number of aryl methyl sites for hydroxylation is 2. The summed E-state index contributed by atoms with van der Waals surface area (Å²) in [7, 11) is 0. The third kappa shape index (κ3) is 8.75. The molecule has 7 aromatic carbocycles. The van der Waals surface area contributed by atoms with E-state index in [9.17, 15) is 0 Å². The number of hydrogen-bond donors (Lipinski definition) is 0. The van der Waals surface area contributed by atoms with Gasteiger partial charge in [0.15, 0.2) is 0 Å². The van der Waals surface area contributed by atoms with E-state index in [1.165, 1.54) is 69.5 Å². The monoisotopic (exact) mass is 707 g/mol. The Kier molecular flexibility index (Phi) is 11.2. The zero-order valence-electron chi connectivity index (χ0n) is 31.1. The molecule has 1 heteroatoms. The number of fused-ring (bicyclic) bond motifs is 1. The van der Waals surface area contributed by atoms with Crippen molar-refractivity contribution in [3.8, 4) is 0 Å². The summed E-state index contributed by atoms with van der Waals surface area (Å²) in [4.78, 5) is 2.41. The van der Waals surface area contributed by atoms with Gasteiger partial charge in [-0.3, -0.25) is 0 Å². The van der Waals surface area contributed by atoms with Crippen molar-refractivity contribution in [1.82, 2.24) is 0 Å². The first-order valence-corrected chi connectivity index (χ1v) is 19.4. The second-order valence-electron chi connectivity index (χ2n) is 14.0. The quantitative estimate of drug-likeness (QED) is 0.121. The van der Waals surface area contributed by atoms with Crippen molar-refractivity contribution in [3.05, 3.63) is 257 Å². The minimum Gasteiger partial charge on any atom is -0.310 e. The van der Waals surface area contributed by atoms with E-state index >= 15 is 0 Å². The van der Waals surface area contributed by atoms with E-state index in [1.54, 1.807) is 0 Å². The fourth-order valence-corrected chi connectivity index (χ4v) is 7.54. The smallest absolute Gasteiger partial charge is 0.0467 e. The molecular weight excluding hydrogens is 663 g/mol. The predicted molar refractivity (Wildman–Crippen MR) is 236 cm³/mol. The zero-order valence-corrected chi connectivity index (χ0v) is 31.1. The van der Waals surface area contributed by atoms with Crippen LogP contribution in [0, 0.1) is 0 Å². The van der Waals surface area contributed by atoms with E-state index in [2.05, 4.69) is 229 Å². The topological polar surface area (TPSA) is 3.24 Å². The fourth-order valence-electron chi connectivity index (χ4n) is 7.54. The first kappa shape index (κ1) is 35.3. The molecule has 0 atom stereocenters. The molecule has 0 amide bonds. The zero-order chi connectivity index (χ0) is 37.1. The number of rotatable bonds is 11. The lowest BCUT2D eigenvalue weighted by Gasteiger charge is -2.28. The van der Waals surface area contributed by atoms with Crippen LogP contribution in [0.5, 0.6) is 0 Å². The van der Waals surface area contributed by atoms with E-state index in [4.69, 9.17) is 0 Å². The molecule has 7 aromatic rings. The first-order valence-electron chi connectivity index (χ1n) is 19.4. The van der Waals surface area contributed by atoms with Crippen LogP contribution in [-0.4, -0.2) is 0 Å². The summed E-state index contributed by atoms with van der Waals surface area (Å²) < 4.78 is 0. The second-order valence-corrected chi connectivity index (χ2v) is 14.0. The Morgan fingerprint density at radius 3 is 1.20 bits per heavy atom. The summed E-state index contributed by atoms with van der Waals surface area (Å²) in [5.74, 6) is 0. The molecule has 0 bridgehead atoms. The summed E-state index contributed by atoms with van der Waals surface area (Å²) in [6.07, 6.45) is 18.1. The van der Waals surface area contributed by atoms with Crippen LogP contribution >= 0.6 is 0 Å². The lowest BCUT2D eigenvalue weighted by Crippen LogP contribution is -2.12. The third-order valence-electron chi connectivity index (χ3n) is 10.3. The Morgan fingerprint density at radius 2 is 0.764 bits per heavy atom. The van der Waals surface area contributed by atoms with E-state index in [-0.39, 0.29) is 0 Å². The highest BCUT2D eigenvalue weighted by Crippen LogP contribution is 2.38. The lowest BCUT2D eigenvalue weighted by molar-refractivity contribution is 0.685. The van der Waals surface area contributed by atoms with Gasteiger partial charge >= 0.3 is 0 Å². The average molecular weight is 708 g/mol. The van der Waals surface area contributed by atoms with Crippen molar-refractivity contribution in [2.45, 2.75) is 25.7 Å². The van der Waals surface area contributed by atoms with Crippen molar-refractivity contribution >= 4 is 40.4 Å². The van der Waals surface area contributed by atoms with Gasteiger partial charge in [0, 0.05) is 17.1 Å². The largest absolute Gasteiger partial charge is 0.310 e. The van der Waals surface area contributed by atoms with E-state index < -0.39 is 0 Å². The number of allylic oxidation sites excluding steroid dienone is 4. The molecule has 0 unspecified atom stereocenters. The SMILES string of the molecule is C(/C=C/c1cccc(N(c2cccc(/C=C/C=C(c3ccccc3)c3ccccc3)c2)c2ccc3c(c2)CCCC3)c1)=C(c1ccccc1)c1ccccc1. The van der Waals surface area contributed by atoms with E-state index in [0.717, 1.165) is 28.9 Å². The molecule has 1 aliphatic rings. The van der Waals surface area contributed by atoms with Crippen molar-refractivity contribution in [3.63, 3.8) is 0 Å². The number of benzene rings is 7. The van der Waals surface area contributed by atoms with E-state index in [0.29, 0.717) is 0 Å². The van der Waals surface area contributed by atoms with Gasteiger partial charge in [0.25, 0.3) is 0 Å². The normalized spacial score (nSPS) is 12.3. The third-order valence-corrected chi connectivity index (χ3v) is 10.3. The van der Waals surface area contributed by atoms with Gasteiger partial charge in [-0.15, -0.1) is 0 Å². The Hall–Kier alpha value is -6.70. The number of hydrogen-bond acceptors (Lipinski definition) is 1. The molecule has 1 nitrogen and oxygen atoms in total. The van der Waals surface area contributed by atoms with Crippen LogP contribution in [0.1, 0.15) is 57.3 Å². The molecule has 0 N–H and O–H groups in total. The number of nitrogens with zero attached hydrogens (tertiary/aromatic N) is 1. The molecular formula is C54H45N. The highest BCUT2D eigenvalue weighted by Gasteiger charge is 2.17. The highest BCUT2D eigenvalue weighted by molar-refractivity contribution is 5.84. The maximum atomic E-state index is 2.42. The van der Waals surface area contributed by atoms with Crippen molar-refractivity contribution in [2.75, 3.05) is 4.90 Å². The minimum atomic E-state index is 1.13. The molecule has 8 rings (SSSR count). The van der Waals surface area contributed by atoms with Crippen molar-refractivity contribution in [1.29, 1.82) is 0 Å². The van der Waals surface area contributed by atoms with Gasteiger partial charge in [-0.05, 0) is 118 Å². The number of anilines is 3. The van der Waals surface area contributed by atoms with Gasteiger partial charge < -0.3 is 4.90 Å². The molecule has 0 radical (unpaired) electrons. The lowest BCUT2D eigenvalue weighted by atomic mass is 9.91. The summed E-state index contributed by atoms with van der Waals surface area (Å²) in [5.41, 5.74) is 15.9. The summed E-state index contributed by atoms with van der Waals surface area (Å²) in [5, 5.41) is 0. The van der Waals surface area contributed by atoms with Crippen LogP contribution in [0.2, 0.25) is 0 Å². The van der Waals surface area contributed by atoms with Gasteiger partial charge in [0.2, 0.25) is 0 Å². The molecule has 0 saturated carbocycles. The maximum absolute atomic E-state index is 2.42. The van der Waals surface area contributed by atoms with Crippen LogP contribution in [0.3, 0.4) is 0 Å². The molecule has 0 aliphatic heterocycles. The Balaban J connectivity index is 1.14. The van der Waals surface area contributed by atoms with Crippen LogP contribution in [0.4, 0.5) is 17.1 Å². The van der Waals surface area contributed by atoms with E-state index in [1.807, 2.05) is 0 Å². The van der Waals surface area contributed by atoms with Gasteiger partial charge in [-0.2, -0.15) is 0 Å². The Labute approximate surface area is 326 Å². The van der Waals surface area contributed by atoms with Gasteiger partial charge in [0.1, 0.15) is 0 Å². The summed E-state index contributed by atoms with van der Waals surface area (Å²) in [6.45, 7) is 0. The first-order chi connectivity index (χ1) is 27.3. The molecule has 55 heavy (non-hydrogen) atoms. The van der Waals surface area contributed by atoms with Gasteiger partial charge in [0.05, 0.1) is 0 Å². The Bertz CT molecular complexity index is 2220. The van der Waals surface area contributed by atoms with Crippen molar-refractivity contribution in [2.24, 2.45) is 0 Å². The maximum Gasteiger partial charge on any atom is 0.0467 e. The molecule has 266 valence electrons. The minimum absolute atomic E-state index is 1.13. The molecule has 0 saturated heterocycles. The molecule has 0 fully saturated rings. The highest BCUT2D eigenvalue weighted by atomic mass is 15.1. The predicted octanol–water partition coefficient (Wildman–Crippen LogP) is 14.3. The molecule has 0 aromatic heterocycles. The summed E-state index contributed by atoms with van der Waals surface area (Å²) in [6, 6.07) is 67.3. The molecule has 0 heterocycles. The van der Waals surface area contributed by atoms with Crippen molar-refractivity contribution < 1.29 is 0 Å². The molecule has 1 aliphatic carbocycles. The second kappa shape index (κ2) is 17.4. The molecule has 0 spiro atoms. The van der Waals surface area contributed by atoms with Crippen LogP contribution in [0.25, 0.3) is 23.3 Å². The summed E-state index contributed by atoms with van der Waals surface area (Å²) >= 11 is 0.